The van der Waals surface area contributed by atoms with E-state index in [0.29, 0.717) is 0 Å². The van der Waals surface area contributed by atoms with Gasteiger partial charge >= 0.3 is 132 Å². The van der Waals surface area contributed by atoms with E-state index in [0.717, 1.165) is 5.56 Å². The molecular weight excluding hydrogens is 269 g/mol. The summed E-state index contributed by atoms with van der Waals surface area (Å²) in [5.41, 5.74) is 0.752. The monoisotopic (exact) mass is 280 g/mol. The molecule has 0 saturated carbocycles. The second-order valence-corrected chi connectivity index (χ2v) is 4.85. The van der Waals surface area contributed by atoms with Gasteiger partial charge in [-0.3, -0.25) is 0 Å². The molecule has 0 bridgehead atoms. The summed E-state index contributed by atoms with van der Waals surface area (Å²) in [4.78, 5) is 0. The van der Waals surface area contributed by atoms with Crippen molar-refractivity contribution in [2.24, 2.45) is 0 Å². The molecule has 70 valence electrons. The quantitative estimate of drug-likeness (QED) is 0.679. The zero-order valence-electron chi connectivity index (χ0n) is 6.25. The molecule has 0 aliphatic carbocycles. The molecule has 0 atom stereocenters. The summed E-state index contributed by atoms with van der Waals surface area (Å²) < 4.78 is 31.5. The summed E-state index contributed by atoms with van der Waals surface area (Å²) >= 11 is -4.90. The van der Waals surface area contributed by atoms with Crippen molar-refractivity contribution in [3.63, 3.8) is 0 Å². The van der Waals surface area contributed by atoms with Crippen LogP contribution in [0.5, 0.6) is 0 Å². The number of rotatable bonds is 3. The summed E-state index contributed by atoms with van der Waals surface area (Å²) in [7, 11) is 0. The van der Waals surface area contributed by atoms with Gasteiger partial charge in [-0.1, -0.05) is 0 Å². The molecule has 1 aromatic carbocycles. The summed E-state index contributed by atoms with van der Waals surface area (Å²) in [6.07, 6.45) is 0. The number of hydrogen-bond acceptors (Lipinski definition) is 2. The standard InChI is InChI=1S/C7H9AsO4.2Na.2H/c9-8(10,11)12-6-7-4-2-1-3-5-7;;;;/h1-5H,6H2,(H2,9,10,11);;;;. The van der Waals surface area contributed by atoms with Gasteiger partial charge in [0.25, 0.3) is 0 Å². The predicted octanol–water partition coefficient (Wildman–Crippen LogP) is -1.24. The van der Waals surface area contributed by atoms with Crippen molar-refractivity contribution in [2.75, 3.05) is 0 Å². The Balaban J connectivity index is 0. The van der Waals surface area contributed by atoms with Gasteiger partial charge in [0.1, 0.15) is 0 Å². The normalized spacial score (nSPS) is 9.86. The van der Waals surface area contributed by atoms with Gasteiger partial charge in [0.2, 0.25) is 0 Å². The first-order valence-corrected chi connectivity index (χ1v) is 6.53. The van der Waals surface area contributed by atoms with Gasteiger partial charge in [-0.05, 0) is 0 Å². The zero-order chi connectivity index (χ0) is 9.03. The first kappa shape index (κ1) is 17.8. The van der Waals surface area contributed by atoms with Crippen LogP contribution in [0.3, 0.4) is 0 Å². The third-order valence-corrected chi connectivity index (χ3v) is 2.22. The summed E-state index contributed by atoms with van der Waals surface area (Å²) in [6, 6.07) is 8.87. The van der Waals surface area contributed by atoms with Crippen molar-refractivity contribution in [3.8, 4) is 0 Å². The molecule has 2 N–H and O–H groups in total. The molecule has 0 radical (unpaired) electrons. The van der Waals surface area contributed by atoms with E-state index in [2.05, 4.69) is 3.73 Å². The van der Waals surface area contributed by atoms with Gasteiger partial charge in [0, 0.05) is 0 Å². The van der Waals surface area contributed by atoms with Crippen LogP contribution < -0.4 is 0 Å². The average molecular weight is 280 g/mol. The molecule has 0 unspecified atom stereocenters. The average Bonchev–Trinajstić information content (AvgIpc) is 2.02. The molecule has 0 saturated heterocycles. The van der Waals surface area contributed by atoms with Crippen LogP contribution in [0.2, 0.25) is 0 Å². The molecular formula is C7H11AsNa2O4. The van der Waals surface area contributed by atoms with Crippen molar-refractivity contribution in [2.45, 2.75) is 6.61 Å². The predicted molar refractivity (Wildman–Crippen MR) is 56.4 cm³/mol. The van der Waals surface area contributed by atoms with Gasteiger partial charge in [-0.25, -0.2) is 0 Å². The molecule has 7 heteroatoms. The van der Waals surface area contributed by atoms with Crippen molar-refractivity contribution >= 4 is 73.6 Å². The van der Waals surface area contributed by atoms with Crippen LogP contribution in [-0.2, 0) is 14.1 Å². The maximum absolute atomic E-state index is 10.3. The Kier molecular flexibility index (Phi) is 10.9. The van der Waals surface area contributed by atoms with Gasteiger partial charge in [0.15, 0.2) is 0 Å². The fourth-order valence-electron chi connectivity index (χ4n) is 0.733. The molecule has 0 heterocycles. The van der Waals surface area contributed by atoms with Crippen LogP contribution in [0.15, 0.2) is 30.3 Å². The molecule has 1 rings (SSSR count). The van der Waals surface area contributed by atoms with Crippen LogP contribution in [-0.4, -0.2) is 81.8 Å². The van der Waals surface area contributed by atoms with E-state index in [9.17, 15) is 3.74 Å². The molecule has 1 aromatic rings. The molecule has 0 amide bonds. The SMILES string of the molecule is O=[As](O)(O)OCc1ccccc1.[NaH].[NaH]. The Morgan fingerprint density at radius 3 is 2.07 bits per heavy atom. The molecule has 14 heavy (non-hydrogen) atoms. The van der Waals surface area contributed by atoms with E-state index >= 15 is 0 Å². The van der Waals surface area contributed by atoms with Crippen molar-refractivity contribution in [1.82, 2.24) is 0 Å². The molecule has 0 spiro atoms. The zero-order valence-corrected chi connectivity index (χ0v) is 8.13. The van der Waals surface area contributed by atoms with Gasteiger partial charge in [-0.2, -0.15) is 0 Å². The van der Waals surface area contributed by atoms with Gasteiger partial charge in [0.05, 0.1) is 0 Å². The first-order chi connectivity index (χ1) is 5.58. The molecule has 0 aliphatic rings. The Labute approximate surface area is 130 Å². The van der Waals surface area contributed by atoms with Gasteiger partial charge in [-0.15, -0.1) is 0 Å². The van der Waals surface area contributed by atoms with Crippen LogP contribution in [0.4, 0.5) is 0 Å². The van der Waals surface area contributed by atoms with Crippen LogP contribution >= 0.6 is 0 Å². The fourth-order valence-corrected chi connectivity index (χ4v) is 1.40. The van der Waals surface area contributed by atoms with E-state index in [4.69, 9.17) is 8.19 Å². The fraction of sp³-hybridized carbons (Fsp3) is 0.143. The molecule has 0 fully saturated rings. The molecule has 0 aromatic heterocycles. The Hall–Kier alpha value is 1.46. The van der Waals surface area contributed by atoms with Crippen LogP contribution in [0.25, 0.3) is 0 Å². The Morgan fingerprint density at radius 1 is 1.14 bits per heavy atom. The second-order valence-electron chi connectivity index (χ2n) is 2.25. The third kappa shape index (κ3) is 8.74. The first-order valence-electron chi connectivity index (χ1n) is 3.32. The van der Waals surface area contributed by atoms with E-state index < -0.39 is 14.5 Å². The maximum atomic E-state index is 10.3. The van der Waals surface area contributed by atoms with E-state index in [1.54, 1.807) is 24.3 Å². The molecule has 0 aliphatic heterocycles. The Bertz CT molecular complexity index is 287. The van der Waals surface area contributed by atoms with Crippen molar-refractivity contribution in [1.29, 1.82) is 0 Å². The summed E-state index contributed by atoms with van der Waals surface area (Å²) in [5.74, 6) is 0. The Morgan fingerprint density at radius 2 is 1.64 bits per heavy atom. The second kappa shape index (κ2) is 8.59. The number of hydrogen-bond donors (Lipinski definition) is 2. The number of benzene rings is 1. The van der Waals surface area contributed by atoms with Gasteiger partial charge < -0.3 is 0 Å². The minimum absolute atomic E-state index is 0. The topological polar surface area (TPSA) is 66.8 Å². The van der Waals surface area contributed by atoms with Crippen LogP contribution in [0.1, 0.15) is 5.56 Å². The van der Waals surface area contributed by atoms with Crippen LogP contribution in [0, 0.1) is 0 Å². The van der Waals surface area contributed by atoms with E-state index in [-0.39, 0.29) is 65.7 Å². The summed E-state index contributed by atoms with van der Waals surface area (Å²) in [5, 5.41) is 0. The third-order valence-electron chi connectivity index (χ3n) is 1.24. The summed E-state index contributed by atoms with van der Waals surface area (Å²) in [6.45, 7) is -0.0374. The van der Waals surface area contributed by atoms with Crippen molar-refractivity contribution in [3.05, 3.63) is 35.9 Å². The van der Waals surface area contributed by atoms with Crippen molar-refractivity contribution < 1.29 is 15.7 Å². The minimum atomic E-state index is -4.90. The van der Waals surface area contributed by atoms with E-state index in [1.165, 1.54) is 0 Å². The molecule has 4 nitrogen and oxygen atoms in total. The van der Waals surface area contributed by atoms with E-state index in [1.807, 2.05) is 6.07 Å².